The molecule has 4 nitrogen and oxygen atoms in total. The van der Waals surface area contributed by atoms with Gasteiger partial charge in [-0.3, -0.25) is 5.10 Å². The highest BCUT2D eigenvalue weighted by atomic mass is 16.3. The van der Waals surface area contributed by atoms with E-state index in [1.807, 2.05) is 48.5 Å². The van der Waals surface area contributed by atoms with Crippen LogP contribution in [0, 0.1) is 0 Å². The van der Waals surface area contributed by atoms with Gasteiger partial charge >= 0.3 is 0 Å². The molecule has 3 rings (SSSR count). The van der Waals surface area contributed by atoms with Crippen molar-refractivity contribution < 1.29 is 5.11 Å². The summed E-state index contributed by atoms with van der Waals surface area (Å²) in [6, 6.07) is 17.3. The molecule has 2 aromatic carbocycles. The number of hydrogen-bond donors (Lipinski definition) is 3. The Morgan fingerprint density at radius 1 is 1.05 bits per heavy atom. The highest BCUT2D eigenvalue weighted by Crippen LogP contribution is 2.22. The number of H-pyrrole nitrogens is 1. The minimum atomic E-state index is 0.310. The molecule has 0 radical (unpaired) electrons. The number of para-hydroxylation sites is 1. The van der Waals surface area contributed by atoms with E-state index in [2.05, 4.69) is 15.5 Å². The van der Waals surface area contributed by atoms with E-state index in [0.29, 0.717) is 12.3 Å². The molecule has 0 aliphatic heterocycles. The zero-order valence-corrected chi connectivity index (χ0v) is 10.9. The number of phenolic OH excluding ortho intramolecular Hbond substituents is 1. The van der Waals surface area contributed by atoms with E-state index < -0.39 is 0 Å². The van der Waals surface area contributed by atoms with Gasteiger partial charge < -0.3 is 10.4 Å². The Morgan fingerprint density at radius 2 is 1.95 bits per heavy atom. The molecule has 0 saturated carbocycles. The molecule has 0 spiro atoms. The maximum absolute atomic E-state index is 9.74. The third kappa shape index (κ3) is 2.64. The number of benzene rings is 2. The molecule has 1 aromatic heterocycles. The lowest BCUT2D eigenvalue weighted by Crippen LogP contribution is -1.99. The van der Waals surface area contributed by atoms with Crippen LogP contribution in [0.2, 0.25) is 0 Å². The summed E-state index contributed by atoms with van der Waals surface area (Å²) in [6.07, 6.45) is 1.73. The van der Waals surface area contributed by atoms with Crippen molar-refractivity contribution in [2.24, 2.45) is 0 Å². The Balaban J connectivity index is 1.75. The Hall–Kier alpha value is -2.75. The maximum atomic E-state index is 9.74. The summed E-state index contributed by atoms with van der Waals surface area (Å²) in [5, 5.41) is 20.0. The quantitative estimate of drug-likeness (QED) is 0.677. The lowest BCUT2D eigenvalue weighted by atomic mass is 10.1. The lowest BCUT2D eigenvalue weighted by Gasteiger charge is -2.09. The fourth-order valence-corrected chi connectivity index (χ4v) is 2.07. The number of rotatable bonds is 4. The average molecular weight is 265 g/mol. The van der Waals surface area contributed by atoms with E-state index in [1.54, 1.807) is 12.3 Å². The molecule has 0 unspecified atom stereocenters. The number of aromatic hydroxyl groups is 1. The van der Waals surface area contributed by atoms with Gasteiger partial charge in [-0.25, -0.2) is 0 Å². The van der Waals surface area contributed by atoms with Gasteiger partial charge in [0.05, 0.1) is 5.69 Å². The van der Waals surface area contributed by atoms with E-state index >= 15 is 0 Å². The zero-order chi connectivity index (χ0) is 13.8. The Bertz CT molecular complexity index is 692. The summed E-state index contributed by atoms with van der Waals surface area (Å²) in [7, 11) is 0. The molecule has 0 bridgehead atoms. The first-order valence-corrected chi connectivity index (χ1v) is 6.43. The van der Waals surface area contributed by atoms with Crippen LogP contribution in [0.3, 0.4) is 0 Å². The zero-order valence-electron chi connectivity index (χ0n) is 10.9. The van der Waals surface area contributed by atoms with Gasteiger partial charge in [-0.15, -0.1) is 0 Å². The predicted molar refractivity (Wildman–Crippen MR) is 79.5 cm³/mol. The minimum Gasteiger partial charge on any atom is -0.508 e. The first-order chi connectivity index (χ1) is 9.83. The summed E-state index contributed by atoms with van der Waals surface area (Å²) in [5.74, 6) is 0.310. The lowest BCUT2D eigenvalue weighted by molar-refractivity contribution is 0.469. The molecule has 1 heterocycles. The van der Waals surface area contributed by atoms with Gasteiger partial charge in [-0.05, 0) is 24.3 Å². The molecule has 3 aromatic rings. The van der Waals surface area contributed by atoms with Crippen molar-refractivity contribution in [3.8, 4) is 17.0 Å². The third-order valence-corrected chi connectivity index (χ3v) is 3.15. The highest BCUT2D eigenvalue weighted by Gasteiger charge is 2.02. The fraction of sp³-hybridized carbons (Fsp3) is 0.0625. The van der Waals surface area contributed by atoms with E-state index in [1.165, 1.54) is 0 Å². The van der Waals surface area contributed by atoms with Crippen molar-refractivity contribution in [3.05, 3.63) is 66.4 Å². The average Bonchev–Trinajstić information content (AvgIpc) is 3.01. The summed E-state index contributed by atoms with van der Waals surface area (Å²) in [5.41, 5.74) is 3.93. The van der Waals surface area contributed by atoms with Gasteiger partial charge in [-0.1, -0.05) is 30.3 Å². The molecule has 100 valence electrons. The molecule has 0 aliphatic carbocycles. The smallest absolute Gasteiger partial charge is 0.120 e. The number of aromatic amines is 1. The minimum absolute atomic E-state index is 0.310. The van der Waals surface area contributed by atoms with Crippen LogP contribution in [0.4, 0.5) is 5.69 Å². The summed E-state index contributed by atoms with van der Waals surface area (Å²) >= 11 is 0. The van der Waals surface area contributed by atoms with Gasteiger partial charge in [-0.2, -0.15) is 5.10 Å². The van der Waals surface area contributed by atoms with E-state index in [0.717, 1.165) is 22.5 Å². The SMILES string of the molecule is Oc1ccccc1CNc1cccc(-c2ccn[nH]2)c1. The van der Waals surface area contributed by atoms with Gasteiger partial charge in [0.25, 0.3) is 0 Å². The van der Waals surface area contributed by atoms with Crippen LogP contribution in [0.5, 0.6) is 5.75 Å². The molecule has 0 saturated heterocycles. The molecule has 0 atom stereocenters. The standard InChI is InChI=1S/C16H15N3O/c20-16-7-2-1-4-13(16)11-17-14-6-3-5-12(10-14)15-8-9-18-19-15/h1-10,17,20H,11H2,(H,18,19). The Kier molecular flexibility index (Phi) is 3.37. The van der Waals surface area contributed by atoms with Crippen molar-refractivity contribution in [2.45, 2.75) is 6.54 Å². The second-order valence-electron chi connectivity index (χ2n) is 4.53. The van der Waals surface area contributed by atoms with E-state index in [9.17, 15) is 5.11 Å². The molecular formula is C16H15N3O. The van der Waals surface area contributed by atoms with Crippen molar-refractivity contribution in [1.82, 2.24) is 10.2 Å². The monoisotopic (exact) mass is 265 g/mol. The number of phenols is 1. The Morgan fingerprint density at radius 3 is 2.75 bits per heavy atom. The maximum Gasteiger partial charge on any atom is 0.120 e. The predicted octanol–water partition coefficient (Wildman–Crippen LogP) is 3.39. The van der Waals surface area contributed by atoms with Crippen LogP contribution < -0.4 is 5.32 Å². The normalized spacial score (nSPS) is 10.4. The molecule has 20 heavy (non-hydrogen) atoms. The summed E-state index contributed by atoms with van der Waals surface area (Å²) < 4.78 is 0. The van der Waals surface area contributed by atoms with Gasteiger partial charge in [0.1, 0.15) is 5.75 Å². The number of hydrogen-bond acceptors (Lipinski definition) is 3. The van der Waals surface area contributed by atoms with E-state index in [4.69, 9.17) is 0 Å². The summed E-state index contributed by atoms with van der Waals surface area (Å²) in [6.45, 7) is 0.582. The molecule has 0 amide bonds. The molecule has 0 aliphatic rings. The molecule has 3 N–H and O–H groups in total. The van der Waals surface area contributed by atoms with Crippen molar-refractivity contribution in [2.75, 3.05) is 5.32 Å². The van der Waals surface area contributed by atoms with Gasteiger partial charge in [0.15, 0.2) is 0 Å². The van der Waals surface area contributed by atoms with Crippen molar-refractivity contribution in [3.63, 3.8) is 0 Å². The Labute approximate surface area is 117 Å². The molecular weight excluding hydrogens is 250 g/mol. The number of nitrogens with zero attached hydrogens (tertiary/aromatic N) is 1. The van der Waals surface area contributed by atoms with Crippen molar-refractivity contribution >= 4 is 5.69 Å². The second kappa shape index (κ2) is 5.48. The largest absolute Gasteiger partial charge is 0.508 e. The van der Waals surface area contributed by atoms with Gasteiger partial charge in [0, 0.05) is 29.6 Å². The number of aromatic nitrogens is 2. The van der Waals surface area contributed by atoms with Crippen LogP contribution >= 0.6 is 0 Å². The first-order valence-electron chi connectivity index (χ1n) is 6.43. The first kappa shape index (κ1) is 12.3. The topological polar surface area (TPSA) is 60.9 Å². The molecule has 0 fully saturated rings. The summed E-state index contributed by atoms with van der Waals surface area (Å²) in [4.78, 5) is 0. The van der Waals surface area contributed by atoms with Crippen LogP contribution in [-0.4, -0.2) is 15.3 Å². The van der Waals surface area contributed by atoms with Crippen LogP contribution in [0.1, 0.15) is 5.56 Å². The van der Waals surface area contributed by atoms with Crippen LogP contribution in [0.25, 0.3) is 11.3 Å². The van der Waals surface area contributed by atoms with Crippen molar-refractivity contribution in [1.29, 1.82) is 0 Å². The number of nitrogens with one attached hydrogen (secondary N) is 2. The van der Waals surface area contributed by atoms with Crippen LogP contribution in [0.15, 0.2) is 60.8 Å². The van der Waals surface area contributed by atoms with Gasteiger partial charge in [0.2, 0.25) is 0 Å². The fourth-order valence-electron chi connectivity index (χ4n) is 2.07. The third-order valence-electron chi connectivity index (χ3n) is 3.15. The second-order valence-corrected chi connectivity index (χ2v) is 4.53. The van der Waals surface area contributed by atoms with Crippen LogP contribution in [-0.2, 0) is 6.54 Å². The highest BCUT2D eigenvalue weighted by molar-refractivity contribution is 5.64. The number of anilines is 1. The molecule has 4 heteroatoms. The van der Waals surface area contributed by atoms with E-state index in [-0.39, 0.29) is 0 Å².